The summed E-state index contributed by atoms with van der Waals surface area (Å²) in [5.41, 5.74) is 4.23. The van der Waals surface area contributed by atoms with E-state index in [9.17, 15) is 64.9 Å². The summed E-state index contributed by atoms with van der Waals surface area (Å²) < 4.78 is 69.3. The number of hydrogen-bond acceptors (Lipinski definition) is 14. The minimum Gasteiger partial charge on any atom is -0.478 e. The molecule has 8 N–H and O–H groups in total. The van der Waals surface area contributed by atoms with Crippen molar-refractivity contribution in [1.82, 2.24) is 0 Å². The van der Waals surface area contributed by atoms with E-state index in [1.165, 1.54) is 60.7 Å². The Hall–Kier alpha value is -7.66. The first-order valence-electron chi connectivity index (χ1n) is 16.9. The third-order valence-electron chi connectivity index (χ3n) is 8.86. The largest absolute Gasteiger partial charge is 0.478 e. The molecule has 4 aromatic carbocycles. The number of nitrogens with zero attached hydrogens (tertiary/aromatic N) is 2. The number of carboxylic acid groups (broad SMARTS) is 2. The van der Waals surface area contributed by atoms with Crippen molar-refractivity contribution in [2.45, 2.75) is 13.8 Å². The molecule has 6 rings (SSSR count). The van der Waals surface area contributed by atoms with Crippen molar-refractivity contribution in [1.29, 1.82) is 0 Å². The molecule has 0 fully saturated rings. The number of rotatable bonds is 10. The van der Waals surface area contributed by atoms with Gasteiger partial charge in [-0.05, 0) is 121 Å². The van der Waals surface area contributed by atoms with Crippen LogP contribution in [0.3, 0.4) is 0 Å². The van der Waals surface area contributed by atoms with Gasteiger partial charge in [-0.3, -0.25) is 39.1 Å². The number of hydrogen-bond donors (Lipinski definition) is 8. The van der Waals surface area contributed by atoms with Crippen molar-refractivity contribution in [3.8, 4) is 0 Å². The molecule has 60 heavy (non-hydrogen) atoms. The highest BCUT2D eigenvalue weighted by molar-refractivity contribution is 7.91. The maximum atomic E-state index is 13.4. The number of carboxylic acids is 2. The molecule has 4 aromatic rings. The van der Waals surface area contributed by atoms with Gasteiger partial charge in [0.15, 0.2) is 11.4 Å². The van der Waals surface area contributed by atoms with E-state index in [2.05, 4.69) is 31.7 Å². The molecule has 0 aliphatic heterocycles. The van der Waals surface area contributed by atoms with Gasteiger partial charge in [-0.15, -0.1) is 0 Å². The molecule has 2 aliphatic carbocycles. The number of benzene rings is 4. The number of allylic oxidation sites excluding steroid dienone is 2. The molecule has 0 radical (unpaired) electrons. The zero-order chi connectivity index (χ0) is 43.8. The average Bonchev–Trinajstić information content (AvgIpc) is 3.16. The van der Waals surface area contributed by atoms with E-state index in [1.807, 2.05) is 0 Å². The summed E-state index contributed by atoms with van der Waals surface area (Å²) in [7, 11) is -10.1. The molecule has 0 saturated carbocycles. The Kier molecular flexibility index (Phi) is 11.1. The van der Waals surface area contributed by atoms with Crippen LogP contribution in [0.25, 0.3) is 12.2 Å². The minimum absolute atomic E-state index is 0.0328. The fourth-order valence-electron chi connectivity index (χ4n) is 5.89. The average molecular weight is 857 g/mol. The molecular formula is C38H28N6O14S2. The van der Waals surface area contributed by atoms with Crippen molar-refractivity contribution in [3.05, 3.63) is 127 Å². The number of carbonyl (C=O) groups excluding carboxylic acids is 4. The number of fused-ring (bicyclic) bond motifs is 2. The normalized spacial score (nSPS) is 15.0. The molecule has 2 aliphatic rings. The van der Waals surface area contributed by atoms with E-state index < -0.39 is 76.8 Å². The van der Waals surface area contributed by atoms with Crippen LogP contribution in [0.15, 0.2) is 92.8 Å². The second-order valence-electron chi connectivity index (χ2n) is 13.0. The van der Waals surface area contributed by atoms with Crippen LogP contribution in [-0.4, -0.2) is 82.9 Å². The van der Waals surface area contributed by atoms with Crippen LogP contribution in [0.1, 0.15) is 63.7 Å². The van der Waals surface area contributed by atoms with Crippen LogP contribution >= 0.6 is 0 Å². The molecule has 0 saturated heterocycles. The van der Waals surface area contributed by atoms with E-state index in [1.54, 1.807) is 13.8 Å². The molecule has 306 valence electrons. The fourth-order valence-corrected chi connectivity index (χ4v) is 7.21. The Labute approximate surface area is 338 Å². The SMILES string of the molecule is Cc1cc(C(=O)O)ccc1N/N=C1\C(=O)c2ccc(NC(=O)C(=O)Nc3ccc4c(c3)C=C(S(=O)(=O)O)/C(=N/Nc3ccc(C(=O)O)cc3C)C4=O)cc2C=C1S(=O)(=O)O. The zero-order valence-corrected chi connectivity index (χ0v) is 32.3. The van der Waals surface area contributed by atoms with Crippen LogP contribution in [0.2, 0.25) is 0 Å². The van der Waals surface area contributed by atoms with Gasteiger partial charge in [0, 0.05) is 22.5 Å². The van der Waals surface area contributed by atoms with Gasteiger partial charge >= 0.3 is 23.8 Å². The minimum atomic E-state index is -5.07. The molecule has 0 aromatic heterocycles. The predicted molar refractivity (Wildman–Crippen MR) is 216 cm³/mol. The van der Waals surface area contributed by atoms with Gasteiger partial charge in [0.25, 0.3) is 20.2 Å². The fraction of sp³-hybridized carbons (Fsp3) is 0.0526. The molecule has 0 unspecified atom stereocenters. The molecule has 0 bridgehead atoms. The highest BCUT2D eigenvalue weighted by atomic mass is 32.2. The van der Waals surface area contributed by atoms with Crippen molar-refractivity contribution >= 4 is 102 Å². The number of amides is 2. The number of Topliss-reactive ketones (excluding diaryl/α,β-unsaturated/α-hetero) is 2. The maximum Gasteiger partial charge on any atom is 0.335 e. The highest BCUT2D eigenvalue weighted by Gasteiger charge is 2.35. The summed E-state index contributed by atoms with van der Waals surface area (Å²) >= 11 is 0. The Balaban J connectivity index is 1.19. The van der Waals surface area contributed by atoms with Gasteiger partial charge in [-0.2, -0.15) is 27.0 Å². The van der Waals surface area contributed by atoms with Crippen molar-refractivity contribution in [2.24, 2.45) is 10.2 Å². The number of hydrazone groups is 2. The van der Waals surface area contributed by atoms with Gasteiger partial charge in [0.05, 0.1) is 22.5 Å². The smallest absolute Gasteiger partial charge is 0.335 e. The number of aryl methyl sites for hydroxylation is 2. The first-order valence-corrected chi connectivity index (χ1v) is 19.7. The molecule has 20 nitrogen and oxygen atoms in total. The molecule has 0 heterocycles. The van der Waals surface area contributed by atoms with Gasteiger partial charge < -0.3 is 20.8 Å². The van der Waals surface area contributed by atoms with E-state index in [0.29, 0.717) is 11.1 Å². The summed E-state index contributed by atoms with van der Waals surface area (Å²) in [6.45, 7) is 3.08. The van der Waals surface area contributed by atoms with E-state index in [4.69, 9.17) is 0 Å². The lowest BCUT2D eigenvalue weighted by atomic mass is 9.94. The first kappa shape index (κ1) is 42.0. The summed E-state index contributed by atoms with van der Waals surface area (Å²) in [5, 5.41) is 30.7. The van der Waals surface area contributed by atoms with Crippen molar-refractivity contribution in [3.63, 3.8) is 0 Å². The topological polar surface area (TPSA) is 324 Å². The van der Waals surface area contributed by atoms with E-state index in [-0.39, 0.29) is 56.1 Å². The predicted octanol–water partition coefficient (Wildman–Crippen LogP) is 4.06. The molecular weight excluding hydrogens is 829 g/mol. The lowest BCUT2D eigenvalue weighted by Crippen LogP contribution is -2.30. The van der Waals surface area contributed by atoms with Gasteiger partial charge in [0.2, 0.25) is 11.6 Å². The van der Waals surface area contributed by atoms with E-state index in [0.717, 1.165) is 24.3 Å². The monoisotopic (exact) mass is 856 g/mol. The lowest BCUT2D eigenvalue weighted by Gasteiger charge is -2.18. The highest BCUT2D eigenvalue weighted by Crippen LogP contribution is 2.30. The van der Waals surface area contributed by atoms with Crippen LogP contribution in [0.4, 0.5) is 22.7 Å². The van der Waals surface area contributed by atoms with Crippen LogP contribution in [0, 0.1) is 13.8 Å². The molecule has 22 heteroatoms. The second kappa shape index (κ2) is 15.9. The maximum absolute atomic E-state index is 13.4. The number of anilines is 4. The molecule has 0 atom stereocenters. The van der Waals surface area contributed by atoms with Gasteiger partial charge in [-0.25, -0.2) is 9.59 Å². The van der Waals surface area contributed by atoms with Gasteiger partial charge in [0.1, 0.15) is 9.81 Å². The second-order valence-corrected chi connectivity index (χ2v) is 15.7. The molecule has 2 amide bonds. The standard InChI is InChI=1S/C38H28N6O14S2/c1-17-11-19(37(49)50)3-9-27(17)41-43-31-29(59(53,54)55)15-21-13-23(5-7-25(21)33(31)45)39-35(47)36(48)40-24-6-8-26-22(14-24)16-30(60(56,57)58)32(34(26)46)44-42-28-10-4-20(38(51)52)12-18(28)2/h3-16,41-42H,1-2H3,(H,39,47)(H,40,48)(H,49,50)(H,51,52)(H,53,54,55)(H,56,57,58)/b43-31-,44-32-. The van der Waals surface area contributed by atoms with E-state index >= 15 is 0 Å². The Morgan fingerprint density at radius 2 is 0.917 bits per heavy atom. The summed E-state index contributed by atoms with van der Waals surface area (Å²) in [4.78, 5) is 73.4. The summed E-state index contributed by atoms with van der Waals surface area (Å²) in [5.74, 6) is -6.80. The summed E-state index contributed by atoms with van der Waals surface area (Å²) in [6, 6.07) is 15.0. The number of carbonyl (C=O) groups is 6. The van der Waals surface area contributed by atoms with Gasteiger partial charge in [-0.1, -0.05) is 0 Å². The van der Waals surface area contributed by atoms with Crippen LogP contribution < -0.4 is 21.5 Å². The Bertz CT molecular complexity index is 2790. The lowest BCUT2D eigenvalue weighted by molar-refractivity contribution is -0.132. The Morgan fingerprint density at radius 3 is 1.23 bits per heavy atom. The Morgan fingerprint density at radius 1 is 0.550 bits per heavy atom. The third kappa shape index (κ3) is 8.75. The van der Waals surface area contributed by atoms with Crippen LogP contribution in [0.5, 0.6) is 0 Å². The summed E-state index contributed by atoms with van der Waals surface area (Å²) in [6.07, 6.45) is 1.83. The molecule has 0 spiro atoms. The quantitative estimate of drug-likeness (QED) is 0.0633. The van der Waals surface area contributed by atoms with Crippen molar-refractivity contribution < 1.29 is 64.9 Å². The third-order valence-corrected chi connectivity index (χ3v) is 10.6. The number of nitrogens with one attached hydrogen (secondary N) is 4. The van der Waals surface area contributed by atoms with Crippen molar-refractivity contribution in [2.75, 3.05) is 21.5 Å². The zero-order valence-electron chi connectivity index (χ0n) is 30.7. The van der Waals surface area contributed by atoms with Crippen LogP contribution in [-0.2, 0) is 29.8 Å². The number of ketones is 2. The number of aromatic carboxylic acids is 2. The first-order chi connectivity index (χ1) is 28.1.